The number of thiophene rings is 1. The van der Waals surface area contributed by atoms with Crippen molar-refractivity contribution in [1.29, 1.82) is 0 Å². The Morgan fingerprint density at radius 3 is 2.75 bits per heavy atom. The summed E-state index contributed by atoms with van der Waals surface area (Å²) in [6, 6.07) is 2.26. The van der Waals surface area contributed by atoms with Gasteiger partial charge in [-0.2, -0.15) is 0 Å². The Morgan fingerprint density at radius 2 is 2.25 bits per heavy atom. The van der Waals surface area contributed by atoms with Crippen LogP contribution in [-0.2, 0) is 6.42 Å². The topological polar surface area (TPSA) is 0 Å². The van der Waals surface area contributed by atoms with E-state index in [0.717, 1.165) is 6.42 Å². The van der Waals surface area contributed by atoms with Crippen LogP contribution in [0.3, 0.4) is 0 Å². The van der Waals surface area contributed by atoms with Gasteiger partial charge in [0.1, 0.15) is 0 Å². The zero-order chi connectivity index (χ0) is 8.97. The fourth-order valence-corrected chi connectivity index (χ4v) is 2.13. The third-order valence-electron chi connectivity index (χ3n) is 1.75. The largest absolute Gasteiger partial charge is 0.146 e. The zero-order valence-corrected chi connectivity index (χ0v) is 8.45. The van der Waals surface area contributed by atoms with E-state index in [1.165, 1.54) is 15.3 Å². The van der Waals surface area contributed by atoms with E-state index in [0.29, 0.717) is 0 Å². The minimum absolute atomic E-state index is 1.03. The Hall–Kier alpha value is -0.820. The molecule has 0 nitrogen and oxygen atoms in total. The van der Waals surface area contributed by atoms with E-state index in [1.807, 2.05) is 23.5 Å². The Kier molecular flexibility index (Phi) is 3.30. The molecule has 1 heteroatoms. The van der Waals surface area contributed by atoms with E-state index in [4.69, 9.17) is 0 Å². The fourth-order valence-electron chi connectivity index (χ4n) is 1.18. The average molecular weight is 178 g/mol. The van der Waals surface area contributed by atoms with E-state index >= 15 is 0 Å². The highest BCUT2D eigenvalue weighted by Gasteiger charge is 1.99. The zero-order valence-electron chi connectivity index (χ0n) is 7.63. The predicted molar refractivity (Wildman–Crippen MR) is 56.8 cm³/mol. The summed E-state index contributed by atoms with van der Waals surface area (Å²) in [6.45, 7) is 7.96. The quantitative estimate of drug-likeness (QED) is 0.620. The molecule has 1 aromatic heterocycles. The van der Waals surface area contributed by atoms with Crippen molar-refractivity contribution < 1.29 is 0 Å². The van der Waals surface area contributed by atoms with Crippen LogP contribution in [0.5, 0.6) is 0 Å². The predicted octanol–water partition coefficient (Wildman–Crippen LogP) is 3.65. The minimum atomic E-state index is 1.03. The summed E-state index contributed by atoms with van der Waals surface area (Å²) in [7, 11) is 0. The van der Waals surface area contributed by atoms with Gasteiger partial charge in [-0.05, 0) is 31.9 Å². The fraction of sp³-hybridized carbons (Fsp3) is 0.273. The van der Waals surface area contributed by atoms with Gasteiger partial charge < -0.3 is 0 Å². The molecule has 0 aliphatic carbocycles. The molecule has 0 aliphatic rings. The third-order valence-corrected chi connectivity index (χ3v) is 2.76. The lowest BCUT2D eigenvalue weighted by Gasteiger charge is -1.90. The van der Waals surface area contributed by atoms with E-state index in [9.17, 15) is 0 Å². The van der Waals surface area contributed by atoms with Crippen LogP contribution in [0.15, 0.2) is 30.9 Å². The molecular formula is C11H14S. The molecule has 0 fully saturated rings. The van der Waals surface area contributed by atoms with Gasteiger partial charge in [0.05, 0.1) is 0 Å². The number of hydrogen-bond acceptors (Lipinski definition) is 1. The normalized spacial score (nSPS) is 10.8. The van der Waals surface area contributed by atoms with E-state index in [2.05, 4.69) is 32.6 Å². The van der Waals surface area contributed by atoms with E-state index < -0.39 is 0 Å². The van der Waals surface area contributed by atoms with Crippen molar-refractivity contribution in [2.24, 2.45) is 0 Å². The van der Waals surface area contributed by atoms with Gasteiger partial charge in [-0.3, -0.25) is 0 Å². The second-order valence-electron chi connectivity index (χ2n) is 2.81. The molecule has 0 atom stereocenters. The van der Waals surface area contributed by atoms with Crippen molar-refractivity contribution in [2.75, 3.05) is 0 Å². The highest BCUT2D eigenvalue weighted by atomic mass is 32.1. The van der Waals surface area contributed by atoms with Crippen molar-refractivity contribution in [1.82, 2.24) is 0 Å². The van der Waals surface area contributed by atoms with E-state index in [-0.39, 0.29) is 0 Å². The van der Waals surface area contributed by atoms with Gasteiger partial charge in [0.15, 0.2) is 0 Å². The van der Waals surface area contributed by atoms with Crippen LogP contribution in [0.25, 0.3) is 0 Å². The van der Waals surface area contributed by atoms with Crippen LogP contribution in [0.1, 0.15) is 15.3 Å². The molecule has 0 unspecified atom stereocenters. The summed E-state index contributed by atoms with van der Waals surface area (Å²) in [5.74, 6) is 0. The summed E-state index contributed by atoms with van der Waals surface area (Å²) in [4.78, 5) is 2.83. The summed E-state index contributed by atoms with van der Waals surface area (Å²) in [6.07, 6.45) is 6.98. The molecule has 64 valence electrons. The molecule has 1 heterocycles. The summed E-state index contributed by atoms with van der Waals surface area (Å²) < 4.78 is 0. The van der Waals surface area contributed by atoms with Gasteiger partial charge in [0.25, 0.3) is 0 Å². The number of rotatable bonds is 3. The SMILES string of the molecule is C=C/C=C/Cc1cc(C)sc1C. The minimum Gasteiger partial charge on any atom is -0.146 e. The van der Waals surface area contributed by atoms with Crippen LogP contribution in [0.4, 0.5) is 0 Å². The van der Waals surface area contributed by atoms with Gasteiger partial charge in [0, 0.05) is 9.75 Å². The maximum atomic E-state index is 3.64. The molecule has 12 heavy (non-hydrogen) atoms. The second kappa shape index (κ2) is 4.27. The lowest BCUT2D eigenvalue weighted by molar-refractivity contribution is 1.25. The number of allylic oxidation sites excluding steroid dienone is 3. The molecule has 0 aliphatic heterocycles. The molecule has 0 bridgehead atoms. The molecule has 0 saturated carbocycles. The van der Waals surface area contributed by atoms with Gasteiger partial charge in [-0.1, -0.05) is 24.8 Å². The van der Waals surface area contributed by atoms with Gasteiger partial charge in [0.2, 0.25) is 0 Å². The summed E-state index contributed by atoms with van der Waals surface area (Å²) in [5.41, 5.74) is 1.44. The van der Waals surface area contributed by atoms with Crippen LogP contribution < -0.4 is 0 Å². The third kappa shape index (κ3) is 2.35. The number of aryl methyl sites for hydroxylation is 2. The standard InChI is InChI=1S/C11H14S/c1-4-5-6-7-11-8-9(2)12-10(11)3/h4-6,8H,1,7H2,2-3H3/b6-5+. The Labute approximate surface area is 78.2 Å². The lowest BCUT2D eigenvalue weighted by Crippen LogP contribution is -1.77. The van der Waals surface area contributed by atoms with Crippen molar-refractivity contribution >= 4 is 11.3 Å². The highest BCUT2D eigenvalue weighted by Crippen LogP contribution is 2.20. The first-order valence-corrected chi connectivity index (χ1v) is 4.89. The van der Waals surface area contributed by atoms with Crippen LogP contribution in [0.2, 0.25) is 0 Å². The summed E-state index contributed by atoms with van der Waals surface area (Å²) in [5, 5.41) is 0. The molecule has 0 amide bonds. The molecule has 0 radical (unpaired) electrons. The van der Waals surface area contributed by atoms with Crippen molar-refractivity contribution in [2.45, 2.75) is 20.3 Å². The smallest absolute Gasteiger partial charge is 0.00521 e. The second-order valence-corrected chi connectivity index (χ2v) is 4.27. The highest BCUT2D eigenvalue weighted by molar-refractivity contribution is 7.12. The molecular weight excluding hydrogens is 164 g/mol. The van der Waals surface area contributed by atoms with Crippen LogP contribution in [-0.4, -0.2) is 0 Å². The van der Waals surface area contributed by atoms with Crippen LogP contribution in [0, 0.1) is 13.8 Å². The monoisotopic (exact) mass is 178 g/mol. The first kappa shape index (κ1) is 9.27. The average Bonchev–Trinajstić information content (AvgIpc) is 2.31. The molecule has 0 saturated heterocycles. The Balaban J connectivity index is 2.68. The van der Waals surface area contributed by atoms with Crippen molar-refractivity contribution in [3.8, 4) is 0 Å². The first-order valence-electron chi connectivity index (χ1n) is 4.07. The lowest BCUT2D eigenvalue weighted by atomic mass is 10.2. The van der Waals surface area contributed by atoms with Crippen molar-refractivity contribution in [3.63, 3.8) is 0 Å². The maximum Gasteiger partial charge on any atom is 0.00521 e. The summed E-state index contributed by atoms with van der Waals surface area (Å²) >= 11 is 1.87. The first-order chi connectivity index (χ1) is 5.74. The maximum absolute atomic E-state index is 3.64. The molecule has 0 aromatic carbocycles. The Bertz CT molecular complexity index is 292. The molecule has 0 spiro atoms. The molecule has 1 rings (SSSR count). The van der Waals surface area contributed by atoms with Gasteiger partial charge in [-0.15, -0.1) is 11.3 Å². The molecule has 0 N–H and O–H groups in total. The number of hydrogen-bond donors (Lipinski definition) is 0. The Morgan fingerprint density at radius 1 is 1.50 bits per heavy atom. The molecule has 1 aromatic rings. The van der Waals surface area contributed by atoms with Gasteiger partial charge >= 0.3 is 0 Å². The van der Waals surface area contributed by atoms with Crippen molar-refractivity contribution in [3.05, 3.63) is 46.2 Å². The van der Waals surface area contributed by atoms with E-state index in [1.54, 1.807) is 0 Å². The van der Waals surface area contributed by atoms with Gasteiger partial charge in [-0.25, -0.2) is 0 Å². The van der Waals surface area contributed by atoms with Crippen LogP contribution >= 0.6 is 11.3 Å².